The third kappa shape index (κ3) is 9.00. The topological polar surface area (TPSA) is 58.6 Å². The molecular formula is C11H20N2O. The molecule has 0 rings (SSSR count). The van der Waals surface area contributed by atoms with Crippen LogP contribution in [-0.2, 0) is 0 Å². The van der Waals surface area contributed by atoms with Gasteiger partial charge < -0.3 is 10.8 Å². The molecule has 80 valence electrons. The number of aliphatic hydroxyl groups excluding tert-OH is 1. The van der Waals surface area contributed by atoms with E-state index >= 15 is 0 Å². The fourth-order valence-electron chi connectivity index (χ4n) is 0.950. The van der Waals surface area contributed by atoms with E-state index in [1.807, 2.05) is 0 Å². The van der Waals surface area contributed by atoms with E-state index in [1.165, 1.54) is 0 Å². The molecular weight excluding hydrogens is 176 g/mol. The van der Waals surface area contributed by atoms with Gasteiger partial charge in [0, 0.05) is 25.1 Å². The van der Waals surface area contributed by atoms with Crippen LogP contribution in [0.3, 0.4) is 0 Å². The maximum atomic E-state index is 8.53. The number of rotatable bonds is 8. The number of hydrogen-bond acceptors (Lipinski definition) is 3. The fourth-order valence-corrected chi connectivity index (χ4v) is 0.950. The average molecular weight is 196 g/mol. The van der Waals surface area contributed by atoms with Gasteiger partial charge in [0.25, 0.3) is 0 Å². The number of unbranched alkanes of at least 4 members (excludes halogenated alkanes) is 3. The van der Waals surface area contributed by atoms with Crippen molar-refractivity contribution in [3.63, 3.8) is 0 Å². The number of aliphatic imine (C=N–C) groups is 1. The quantitative estimate of drug-likeness (QED) is 0.352. The molecule has 0 heterocycles. The lowest BCUT2D eigenvalue weighted by molar-refractivity contribution is 0.282. The van der Waals surface area contributed by atoms with Gasteiger partial charge in [-0.05, 0) is 25.0 Å². The van der Waals surface area contributed by atoms with Gasteiger partial charge in [0.05, 0.1) is 0 Å². The van der Waals surface area contributed by atoms with Gasteiger partial charge >= 0.3 is 0 Å². The molecule has 14 heavy (non-hydrogen) atoms. The Labute approximate surface area is 86.0 Å². The Morgan fingerprint density at radius 1 is 1.29 bits per heavy atom. The van der Waals surface area contributed by atoms with Gasteiger partial charge in [-0.2, -0.15) is 0 Å². The van der Waals surface area contributed by atoms with Crippen LogP contribution in [-0.4, -0.2) is 24.5 Å². The van der Waals surface area contributed by atoms with Crippen molar-refractivity contribution in [2.75, 3.05) is 13.2 Å². The summed E-state index contributed by atoms with van der Waals surface area (Å²) in [6.07, 6.45) is 9.21. The van der Waals surface area contributed by atoms with E-state index in [0.717, 1.165) is 32.2 Å². The Morgan fingerprint density at radius 2 is 2.00 bits per heavy atom. The van der Waals surface area contributed by atoms with E-state index in [2.05, 4.69) is 11.6 Å². The summed E-state index contributed by atoms with van der Waals surface area (Å²) in [5, 5.41) is 8.53. The molecule has 0 aliphatic rings. The van der Waals surface area contributed by atoms with E-state index in [1.54, 1.807) is 18.4 Å². The Morgan fingerprint density at radius 3 is 2.64 bits per heavy atom. The van der Waals surface area contributed by atoms with E-state index in [-0.39, 0.29) is 0 Å². The van der Waals surface area contributed by atoms with Gasteiger partial charge in [0.2, 0.25) is 0 Å². The lowest BCUT2D eigenvalue weighted by atomic mass is 10.2. The summed E-state index contributed by atoms with van der Waals surface area (Å²) in [6.45, 7) is 4.65. The second-order valence-corrected chi connectivity index (χ2v) is 3.06. The summed E-state index contributed by atoms with van der Waals surface area (Å²) in [5.41, 5.74) is 6.11. The third-order valence-electron chi connectivity index (χ3n) is 1.80. The minimum atomic E-state index is 0.294. The van der Waals surface area contributed by atoms with Crippen LogP contribution in [0, 0.1) is 0 Å². The predicted molar refractivity (Wildman–Crippen MR) is 61.4 cm³/mol. The molecule has 0 atom stereocenters. The molecule has 0 amide bonds. The molecule has 0 saturated carbocycles. The van der Waals surface area contributed by atoms with Crippen LogP contribution in [0.2, 0.25) is 0 Å². The van der Waals surface area contributed by atoms with Gasteiger partial charge in [0.15, 0.2) is 0 Å². The molecule has 0 bridgehead atoms. The van der Waals surface area contributed by atoms with E-state index in [0.29, 0.717) is 12.3 Å². The van der Waals surface area contributed by atoms with Gasteiger partial charge in [-0.25, -0.2) is 0 Å². The molecule has 0 saturated heterocycles. The van der Waals surface area contributed by atoms with Crippen LogP contribution in [0.1, 0.15) is 25.7 Å². The third-order valence-corrected chi connectivity index (χ3v) is 1.80. The lowest BCUT2D eigenvalue weighted by Crippen LogP contribution is -1.92. The molecule has 0 spiro atoms. The molecule has 0 fully saturated rings. The van der Waals surface area contributed by atoms with Gasteiger partial charge in [-0.15, -0.1) is 0 Å². The van der Waals surface area contributed by atoms with Gasteiger partial charge in [-0.1, -0.05) is 19.4 Å². The number of hydrogen-bond donors (Lipinski definition) is 2. The summed E-state index contributed by atoms with van der Waals surface area (Å²) in [6, 6.07) is 0. The van der Waals surface area contributed by atoms with Crippen molar-refractivity contribution in [2.24, 2.45) is 10.7 Å². The summed E-state index contributed by atoms with van der Waals surface area (Å²) in [4.78, 5) is 4.17. The summed E-state index contributed by atoms with van der Waals surface area (Å²) >= 11 is 0. The Balaban J connectivity index is 3.31. The van der Waals surface area contributed by atoms with E-state index in [4.69, 9.17) is 10.8 Å². The lowest BCUT2D eigenvalue weighted by Gasteiger charge is -1.95. The van der Waals surface area contributed by atoms with Crippen molar-refractivity contribution in [3.8, 4) is 0 Å². The molecule has 0 aromatic carbocycles. The second-order valence-electron chi connectivity index (χ2n) is 3.06. The van der Waals surface area contributed by atoms with Crippen molar-refractivity contribution < 1.29 is 5.11 Å². The van der Waals surface area contributed by atoms with E-state index < -0.39 is 0 Å². The molecule has 0 aliphatic heterocycles. The summed E-state index contributed by atoms with van der Waals surface area (Å²) < 4.78 is 0. The SMILES string of the molecule is C=C/C(N)=C\C=N\CCCCCCO. The molecule has 3 N–H and O–H groups in total. The van der Waals surface area contributed by atoms with Crippen molar-refractivity contribution in [1.29, 1.82) is 0 Å². The Kier molecular flexibility index (Phi) is 9.22. The highest BCUT2D eigenvalue weighted by Crippen LogP contribution is 1.98. The number of aliphatic hydroxyl groups is 1. The van der Waals surface area contributed by atoms with Crippen molar-refractivity contribution in [3.05, 3.63) is 24.4 Å². The first kappa shape index (κ1) is 12.9. The highest BCUT2D eigenvalue weighted by Gasteiger charge is 1.86. The minimum absolute atomic E-state index is 0.294. The number of allylic oxidation sites excluding steroid dienone is 2. The number of nitrogens with two attached hydrogens (primary N) is 1. The minimum Gasteiger partial charge on any atom is -0.399 e. The largest absolute Gasteiger partial charge is 0.399 e. The molecule has 0 radical (unpaired) electrons. The predicted octanol–water partition coefficient (Wildman–Crippen LogP) is 1.64. The highest BCUT2D eigenvalue weighted by molar-refractivity contribution is 5.72. The summed E-state index contributed by atoms with van der Waals surface area (Å²) in [5.74, 6) is 0. The van der Waals surface area contributed by atoms with Crippen molar-refractivity contribution in [2.45, 2.75) is 25.7 Å². The highest BCUT2D eigenvalue weighted by atomic mass is 16.2. The second kappa shape index (κ2) is 9.99. The van der Waals surface area contributed by atoms with Crippen LogP contribution in [0.25, 0.3) is 0 Å². The zero-order valence-corrected chi connectivity index (χ0v) is 8.65. The number of nitrogens with zero attached hydrogens (tertiary/aromatic N) is 1. The molecule has 0 aromatic heterocycles. The zero-order valence-electron chi connectivity index (χ0n) is 8.65. The van der Waals surface area contributed by atoms with Gasteiger partial charge in [0.1, 0.15) is 0 Å². The van der Waals surface area contributed by atoms with Gasteiger partial charge in [-0.3, -0.25) is 4.99 Å². The first-order valence-corrected chi connectivity index (χ1v) is 5.00. The van der Waals surface area contributed by atoms with Crippen LogP contribution < -0.4 is 5.73 Å². The average Bonchev–Trinajstić information content (AvgIpc) is 2.21. The van der Waals surface area contributed by atoms with Crippen molar-refractivity contribution in [1.82, 2.24) is 0 Å². The molecule has 0 unspecified atom stereocenters. The first-order valence-electron chi connectivity index (χ1n) is 5.00. The van der Waals surface area contributed by atoms with E-state index in [9.17, 15) is 0 Å². The molecule has 0 aliphatic carbocycles. The summed E-state index contributed by atoms with van der Waals surface area (Å²) in [7, 11) is 0. The fraction of sp³-hybridized carbons (Fsp3) is 0.545. The zero-order chi connectivity index (χ0) is 10.6. The van der Waals surface area contributed by atoms with Crippen LogP contribution in [0.4, 0.5) is 0 Å². The smallest absolute Gasteiger partial charge is 0.0431 e. The van der Waals surface area contributed by atoms with Crippen LogP contribution >= 0.6 is 0 Å². The first-order chi connectivity index (χ1) is 6.81. The molecule has 3 heteroatoms. The Hall–Kier alpha value is -1.09. The van der Waals surface area contributed by atoms with Crippen LogP contribution in [0.5, 0.6) is 0 Å². The standard InChI is InChI=1S/C11H20N2O/c1-2-11(12)7-9-13-8-5-3-4-6-10-14/h2,7,9,14H,1,3-6,8,10,12H2/b11-7+,13-9+. The maximum absolute atomic E-state index is 8.53. The normalized spacial score (nSPS) is 12.2. The Bertz CT molecular complexity index is 197. The monoisotopic (exact) mass is 196 g/mol. The van der Waals surface area contributed by atoms with Crippen molar-refractivity contribution >= 4 is 6.21 Å². The van der Waals surface area contributed by atoms with Crippen LogP contribution in [0.15, 0.2) is 29.4 Å². The molecule has 0 aromatic rings. The maximum Gasteiger partial charge on any atom is 0.0431 e. The molecule has 3 nitrogen and oxygen atoms in total.